The first kappa shape index (κ1) is 16.4. The number of anilines is 1. The maximum Gasteiger partial charge on any atom is 0.147 e. The Labute approximate surface area is 143 Å². The molecule has 0 aliphatic rings. The second-order valence-electron chi connectivity index (χ2n) is 4.96. The molecule has 2 nitrogen and oxygen atoms in total. The minimum Gasteiger partial charge on any atom is -0.491 e. The maximum atomic E-state index is 5.73. The number of benzene rings is 2. The van der Waals surface area contributed by atoms with Crippen molar-refractivity contribution in [3.05, 3.63) is 56.5 Å². The van der Waals surface area contributed by atoms with E-state index in [1.807, 2.05) is 0 Å². The molecule has 0 unspecified atom stereocenters. The van der Waals surface area contributed by atoms with Crippen LogP contribution in [-0.4, -0.2) is 6.61 Å². The molecule has 2 aromatic rings. The monoisotopic (exact) mass is 411 g/mol. The molecule has 0 spiro atoms. The Balaban J connectivity index is 2.05. The van der Waals surface area contributed by atoms with Gasteiger partial charge in [0.15, 0.2) is 0 Å². The van der Waals surface area contributed by atoms with Gasteiger partial charge >= 0.3 is 0 Å². The summed E-state index contributed by atoms with van der Waals surface area (Å²) >= 11 is 7.16. The molecule has 0 saturated carbocycles. The molecule has 2 rings (SSSR count). The number of hydrogen-bond donors (Lipinski definition) is 1. The van der Waals surface area contributed by atoms with Gasteiger partial charge in [-0.2, -0.15) is 0 Å². The fraction of sp³-hybridized carbons (Fsp3) is 0.294. The second-order valence-corrected chi connectivity index (χ2v) is 6.67. The number of nitrogens with one attached hydrogen (secondary N) is 1. The number of halogens is 2. The van der Waals surface area contributed by atoms with Gasteiger partial charge in [0.1, 0.15) is 5.75 Å². The van der Waals surface area contributed by atoms with Gasteiger partial charge in [0, 0.05) is 12.2 Å². The van der Waals surface area contributed by atoms with E-state index in [9.17, 15) is 0 Å². The van der Waals surface area contributed by atoms with Crippen molar-refractivity contribution in [3.8, 4) is 5.75 Å². The fourth-order valence-corrected chi connectivity index (χ4v) is 3.44. The van der Waals surface area contributed by atoms with Crippen LogP contribution in [0.3, 0.4) is 0 Å². The van der Waals surface area contributed by atoms with Gasteiger partial charge in [-0.15, -0.1) is 0 Å². The zero-order valence-corrected chi connectivity index (χ0v) is 15.4. The normalized spacial score (nSPS) is 10.5. The van der Waals surface area contributed by atoms with E-state index in [2.05, 4.69) is 87.4 Å². The van der Waals surface area contributed by atoms with Crippen LogP contribution in [0.4, 0.5) is 5.69 Å². The van der Waals surface area contributed by atoms with Crippen molar-refractivity contribution in [2.75, 3.05) is 11.9 Å². The van der Waals surface area contributed by atoms with E-state index in [1.54, 1.807) is 0 Å². The molecule has 4 heteroatoms. The average Bonchev–Trinajstić information content (AvgIpc) is 2.46. The summed E-state index contributed by atoms with van der Waals surface area (Å²) in [4.78, 5) is 0. The van der Waals surface area contributed by atoms with Crippen LogP contribution in [0.25, 0.3) is 0 Å². The zero-order valence-electron chi connectivity index (χ0n) is 12.2. The maximum absolute atomic E-state index is 5.73. The molecule has 0 heterocycles. The molecule has 21 heavy (non-hydrogen) atoms. The summed E-state index contributed by atoms with van der Waals surface area (Å²) in [7, 11) is 0. The summed E-state index contributed by atoms with van der Waals surface area (Å²) in [5, 5.41) is 3.42. The number of ether oxygens (including phenoxy) is 1. The van der Waals surface area contributed by atoms with Crippen LogP contribution in [0.2, 0.25) is 0 Å². The summed E-state index contributed by atoms with van der Waals surface area (Å²) in [5.74, 6) is 0.871. The topological polar surface area (TPSA) is 21.3 Å². The van der Waals surface area contributed by atoms with Crippen LogP contribution in [0, 0.1) is 6.92 Å². The highest BCUT2D eigenvalue weighted by Crippen LogP contribution is 2.35. The lowest BCUT2D eigenvalue weighted by Crippen LogP contribution is -2.01. The molecule has 2 aromatic carbocycles. The van der Waals surface area contributed by atoms with Crippen molar-refractivity contribution in [1.82, 2.24) is 0 Å². The summed E-state index contributed by atoms with van der Waals surface area (Å²) in [6.07, 6.45) is 0.996. The molecule has 112 valence electrons. The molecule has 0 aliphatic carbocycles. The quantitative estimate of drug-likeness (QED) is 0.635. The Morgan fingerprint density at radius 3 is 2.24 bits per heavy atom. The van der Waals surface area contributed by atoms with Gasteiger partial charge in [-0.1, -0.05) is 24.6 Å². The zero-order chi connectivity index (χ0) is 15.2. The van der Waals surface area contributed by atoms with Gasteiger partial charge in [0.25, 0.3) is 0 Å². The van der Waals surface area contributed by atoms with Crippen molar-refractivity contribution in [2.24, 2.45) is 0 Å². The third-order valence-electron chi connectivity index (χ3n) is 3.06. The molecule has 0 radical (unpaired) electrons. The lowest BCUT2D eigenvalue weighted by atomic mass is 10.2. The molecule has 0 bridgehead atoms. The molecule has 0 saturated heterocycles. The van der Waals surface area contributed by atoms with Crippen LogP contribution in [-0.2, 0) is 6.54 Å². The Bertz CT molecular complexity index is 573. The molecular weight excluding hydrogens is 394 g/mol. The van der Waals surface area contributed by atoms with Crippen molar-refractivity contribution in [2.45, 2.75) is 26.8 Å². The predicted octanol–water partition coefficient (Wildman–Crippen LogP) is 5.92. The second kappa shape index (κ2) is 7.85. The van der Waals surface area contributed by atoms with Crippen molar-refractivity contribution in [1.29, 1.82) is 0 Å². The highest BCUT2D eigenvalue weighted by molar-refractivity contribution is 9.11. The first-order valence-corrected chi connectivity index (χ1v) is 8.60. The largest absolute Gasteiger partial charge is 0.491 e. The van der Waals surface area contributed by atoms with Crippen LogP contribution >= 0.6 is 31.9 Å². The third kappa shape index (κ3) is 4.75. The van der Waals surface area contributed by atoms with Gasteiger partial charge < -0.3 is 10.1 Å². The van der Waals surface area contributed by atoms with E-state index in [1.165, 1.54) is 11.1 Å². The predicted molar refractivity (Wildman–Crippen MR) is 96.1 cm³/mol. The van der Waals surface area contributed by atoms with E-state index in [0.29, 0.717) is 0 Å². The van der Waals surface area contributed by atoms with Gasteiger partial charge in [0.2, 0.25) is 0 Å². The van der Waals surface area contributed by atoms with Crippen LogP contribution in [0.5, 0.6) is 5.75 Å². The molecular formula is C17H19Br2NO. The Morgan fingerprint density at radius 1 is 1.05 bits per heavy atom. The summed E-state index contributed by atoms with van der Waals surface area (Å²) < 4.78 is 7.69. The molecule has 0 atom stereocenters. The van der Waals surface area contributed by atoms with E-state index in [4.69, 9.17) is 4.74 Å². The SMILES string of the molecule is CCCOc1c(Br)cc(CNc2ccc(C)cc2)cc1Br. The summed E-state index contributed by atoms with van der Waals surface area (Å²) in [5.41, 5.74) is 3.58. The van der Waals surface area contributed by atoms with Gasteiger partial charge in [-0.3, -0.25) is 0 Å². The molecule has 0 aromatic heterocycles. The van der Waals surface area contributed by atoms with Crippen LogP contribution < -0.4 is 10.1 Å². The van der Waals surface area contributed by atoms with E-state index in [-0.39, 0.29) is 0 Å². The minimum absolute atomic E-state index is 0.720. The Hall–Kier alpha value is -1.00. The first-order valence-electron chi connectivity index (χ1n) is 7.01. The molecule has 0 aliphatic heterocycles. The number of rotatable bonds is 6. The van der Waals surface area contributed by atoms with E-state index in [0.717, 1.165) is 40.0 Å². The summed E-state index contributed by atoms with van der Waals surface area (Å²) in [6, 6.07) is 12.6. The summed E-state index contributed by atoms with van der Waals surface area (Å²) in [6.45, 7) is 5.68. The standard InChI is InChI=1S/C17H19Br2NO/c1-3-8-21-17-15(18)9-13(10-16(17)19)11-20-14-6-4-12(2)5-7-14/h4-7,9-10,20H,3,8,11H2,1-2H3. The molecule has 0 amide bonds. The van der Waals surface area contributed by atoms with Gasteiger partial charge in [-0.25, -0.2) is 0 Å². The van der Waals surface area contributed by atoms with Crippen molar-refractivity contribution in [3.63, 3.8) is 0 Å². The van der Waals surface area contributed by atoms with Crippen LogP contribution in [0.1, 0.15) is 24.5 Å². The van der Waals surface area contributed by atoms with Crippen molar-refractivity contribution < 1.29 is 4.74 Å². The Kier molecular flexibility index (Phi) is 6.12. The van der Waals surface area contributed by atoms with Crippen molar-refractivity contribution >= 4 is 37.5 Å². The molecule has 0 fully saturated rings. The van der Waals surface area contributed by atoms with Crippen LogP contribution in [0.15, 0.2) is 45.3 Å². The molecule has 1 N–H and O–H groups in total. The minimum atomic E-state index is 0.720. The number of aryl methyl sites for hydroxylation is 1. The highest BCUT2D eigenvalue weighted by atomic mass is 79.9. The average molecular weight is 413 g/mol. The first-order chi connectivity index (χ1) is 10.1. The smallest absolute Gasteiger partial charge is 0.147 e. The highest BCUT2D eigenvalue weighted by Gasteiger charge is 2.08. The van der Waals surface area contributed by atoms with Gasteiger partial charge in [0.05, 0.1) is 15.6 Å². The van der Waals surface area contributed by atoms with E-state index >= 15 is 0 Å². The van der Waals surface area contributed by atoms with E-state index < -0.39 is 0 Å². The lowest BCUT2D eigenvalue weighted by Gasteiger charge is -2.13. The van der Waals surface area contributed by atoms with Gasteiger partial charge in [-0.05, 0) is 75.0 Å². The lowest BCUT2D eigenvalue weighted by molar-refractivity contribution is 0.313. The fourth-order valence-electron chi connectivity index (χ4n) is 1.93. The third-order valence-corrected chi connectivity index (χ3v) is 4.23. The number of hydrogen-bond acceptors (Lipinski definition) is 2. The Morgan fingerprint density at radius 2 is 1.67 bits per heavy atom.